The highest BCUT2D eigenvalue weighted by Crippen LogP contribution is 2.28. The van der Waals surface area contributed by atoms with E-state index in [-0.39, 0.29) is 5.78 Å². The Morgan fingerprint density at radius 2 is 2.50 bits per heavy atom. The van der Waals surface area contributed by atoms with Crippen LogP contribution < -0.4 is 0 Å². The number of hydrogen-bond donors (Lipinski definition) is 0. The molecule has 1 unspecified atom stereocenters. The maximum atomic E-state index is 12.1. The van der Waals surface area contributed by atoms with Crippen LogP contribution in [0.2, 0.25) is 0 Å². The van der Waals surface area contributed by atoms with Gasteiger partial charge in [-0.25, -0.2) is 0 Å². The highest BCUT2D eigenvalue weighted by atomic mass is 16.5. The first-order valence-corrected chi connectivity index (χ1v) is 4.80. The fraction of sp³-hybridized carbons (Fsp3) is 0.600. The second-order valence-corrected chi connectivity index (χ2v) is 3.85. The molecule has 4 nitrogen and oxygen atoms in total. The summed E-state index contributed by atoms with van der Waals surface area (Å²) in [5.41, 5.74) is -0.0113. The molecule has 0 saturated carbocycles. The molecule has 1 atom stereocenters. The van der Waals surface area contributed by atoms with Gasteiger partial charge in [0.15, 0.2) is 0 Å². The molecule has 1 aromatic heterocycles. The molecular weight excluding hydrogens is 180 g/mol. The van der Waals surface area contributed by atoms with E-state index in [1.54, 1.807) is 24.0 Å². The van der Waals surface area contributed by atoms with E-state index in [9.17, 15) is 4.79 Å². The van der Waals surface area contributed by atoms with E-state index >= 15 is 0 Å². The third-order valence-corrected chi connectivity index (χ3v) is 2.75. The SMILES string of the molecule is Cn1nccc1C(=O)C1(C)CCCO1. The minimum atomic E-state index is -0.631. The van der Waals surface area contributed by atoms with Crippen molar-refractivity contribution in [2.75, 3.05) is 6.61 Å². The lowest BCUT2D eigenvalue weighted by atomic mass is 9.95. The monoisotopic (exact) mass is 194 g/mol. The van der Waals surface area contributed by atoms with Crippen molar-refractivity contribution in [1.82, 2.24) is 9.78 Å². The number of Topliss-reactive ketones (excluding diaryl/α,β-unsaturated/α-hetero) is 1. The standard InChI is InChI=1S/C10H14N2O2/c1-10(5-3-7-14-10)9(13)8-4-6-11-12(8)2/h4,6H,3,5,7H2,1-2H3. The van der Waals surface area contributed by atoms with Gasteiger partial charge in [-0.15, -0.1) is 0 Å². The summed E-state index contributed by atoms with van der Waals surface area (Å²) in [4.78, 5) is 12.1. The number of hydrogen-bond acceptors (Lipinski definition) is 3. The zero-order valence-corrected chi connectivity index (χ0v) is 8.49. The molecule has 76 valence electrons. The Kier molecular flexibility index (Phi) is 2.15. The minimum Gasteiger partial charge on any atom is -0.367 e. The molecule has 1 saturated heterocycles. The van der Waals surface area contributed by atoms with Gasteiger partial charge in [-0.2, -0.15) is 5.10 Å². The Morgan fingerprint density at radius 1 is 1.71 bits per heavy atom. The summed E-state index contributed by atoms with van der Waals surface area (Å²) >= 11 is 0. The number of rotatable bonds is 2. The van der Waals surface area contributed by atoms with E-state index in [0.29, 0.717) is 12.3 Å². The summed E-state index contributed by atoms with van der Waals surface area (Å²) in [6.07, 6.45) is 3.39. The van der Waals surface area contributed by atoms with Crippen LogP contribution in [0.5, 0.6) is 0 Å². The summed E-state index contributed by atoms with van der Waals surface area (Å²) in [6, 6.07) is 1.73. The summed E-state index contributed by atoms with van der Waals surface area (Å²) in [6.45, 7) is 2.54. The molecule has 2 heterocycles. The second kappa shape index (κ2) is 3.20. The number of aryl methyl sites for hydroxylation is 1. The van der Waals surface area contributed by atoms with Crippen molar-refractivity contribution in [2.24, 2.45) is 7.05 Å². The molecule has 1 fully saturated rings. The average molecular weight is 194 g/mol. The summed E-state index contributed by atoms with van der Waals surface area (Å²) in [5.74, 6) is 0.0370. The molecule has 0 aromatic carbocycles. The molecule has 0 amide bonds. The van der Waals surface area contributed by atoms with Crippen molar-refractivity contribution in [3.8, 4) is 0 Å². The van der Waals surface area contributed by atoms with Crippen LogP contribution in [0.4, 0.5) is 0 Å². The first kappa shape index (κ1) is 9.40. The fourth-order valence-electron chi connectivity index (χ4n) is 1.83. The third-order valence-electron chi connectivity index (χ3n) is 2.75. The average Bonchev–Trinajstić information content (AvgIpc) is 2.74. The molecule has 0 aliphatic carbocycles. The van der Waals surface area contributed by atoms with Crippen LogP contribution >= 0.6 is 0 Å². The van der Waals surface area contributed by atoms with Crippen molar-refractivity contribution in [3.63, 3.8) is 0 Å². The summed E-state index contributed by atoms with van der Waals surface area (Å²) < 4.78 is 7.08. The van der Waals surface area contributed by atoms with E-state index < -0.39 is 5.60 Å². The van der Waals surface area contributed by atoms with Crippen LogP contribution in [0.25, 0.3) is 0 Å². The Labute approximate surface area is 82.9 Å². The quantitative estimate of drug-likeness (QED) is 0.664. The molecular formula is C10H14N2O2. The molecule has 0 bridgehead atoms. The molecule has 1 aliphatic heterocycles. The predicted octanol–water partition coefficient (Wildman–Crippen LogP) is 1.17. The fourth-order valence-corrected chi connectivity index (χ4v) is 1.83. The smallest absolute Gasteiger partial charge is 0.212 e. The number of ketones is 1. The number of ether oxygens (including phenoxy) is 1. The van der Waals surface area contributed by atoms with E-state index in [2.05, 4.69) is 5.10 Å². The Morgan fingerprint density at radius 3 is 3.00 bits per heavy atom. The van der Waals surface area contributed by atoms with Gasteiger partial charge in [0, 0.05) is 19.9 Å². The second-order valence-electron chi connectivity index (χ2n) is 3.85. The van der Waals surface area contributed by atoms with Gasteiger partial charge in [-0.1, -0.05) is 0 Å². The van der Waals surface area contributed by atoms with Gasteiger partial charge in [0.1, 0.15) is 11.3 Å². The van der Waals surface area contributed by atoms with Crippen molar-refractivity contribution in [2.45, 2.75) is 25.4 Å². The van der Waals surface area contributed by atoms with E-state index in [0.717, 1.165) is 12.8 Å². The van der Waals surface area contributed by atoms with Crippen LogP contribution in [0.3, 0.4) is 0 Å². The highest BCUT2D eigenvalue weighted by molar-refractivity contribution is 6.01. The largest absolute Gasteiger partial charge is 0.367 e. The van der Waals surface area contributed by atoms with Gasteiger partial charge in [-0.05, 0) is 25.8 Å². The first-order valence-electron chi connectivity index (χ1n) is 4.80. The Hall–Kier alpha value is -1.16. The first-order chi connectivity index (χ1) is 6.63. The van der Waals surface area contributed by atoms with Gasteiger partial charge in [-0.3, -0.25) is 9.48 Å². The van der Waals surface area contributed by atoms with E-state index in [1.807, 2.05) is 6.92 Å². The zero-order chi connectivity index (χ0) is 10.2. The molecule has 1 aliphatic rings. The van der Waals surface area contributed by atoms with E-state index in [1.165, 1.54) is 0 Å². The Balaban J connectivity index is 2.28. The summed E-state index contributed by atoms with van der Waals surface area (Å²) in [5, 5.41) is 3.98. The lowest BCUT2D eigenvalue weighted by Crippen LogP contribution is -2.35. The van der Waals surface area contributed by atoms with Crippen molar-refractivity contribution in [1.29, 1.82) is 0 Å². The van der Waals surface area contributed by atoms with Crippen molar-refractivity contribution >= 4 is 5.78 Å². The Bertz CT molecular complexity index is 351. The van der Waals surface area contributed by atoms with Crippen LogP contribution in [-0.4, -0.2) is 27.8 Å². The maximum Gasteiger partial charge on any atom is 0.212 e. The van der Waals surface area contributed by atoms with Crippen molar-refractivity contribution in [3.05, 3.63) is 18.0 Å². The minimum absolute atomic E-state index is 0.0370. The topological polar surface area (TPSA) is 44.1 Å². The number of carbonyl (C=O) groups excluding carboxylic acids is 1. The number of carbonyl (C=O) groups is 1. The van der Waals surface area contributed by atoms with Gasteiger partial charge in [0.05, 0.1) is 0 Å². The van der Waals surface area contributed by atoms with Gasteiger partial charge < -0.3 is 4.74 Å². The van der Waals surface area contributed by atoms with Gasteiger partial charge >= 0.3 is 0 Å². The molecule has 14 heavy (non-hydrogen) atoms. The number of aromatic nitrogens is 2. The highest BCUT2D eigenvalue weighted by Gasteiger charge is 2.39. The number of nitrogens with zero attached hydrogens (tertiary/aromatic N) is 2. The molecule has 4 heteroatoms. The van der Waals surface area contributed by atoms with E-state index in [4.69, 9.17) is 4.74 Å². The van der Waals surface area contributed by atoms with Gasteiger partial charge in [0.25, 0.3) is 0 Å². The zero-order valence-electron chi connectivity index (χ0n) is 8.49. The van der Waals surface area contributed by atoms with Crippen LogP contribution in [0.1, 0.15) is 30.3 Å². The maximum absolute atomic E-state index is 12.1. The predicted molar refractivity (Wildman–Crippen MR) is 51.1 cm³/mol. The van der Waals surface area contributed by atoms with Crippen LogP contribution in [-0.2, 0) is 11.8 Å². The molecule has 1 aromatic rings. The lowest BCUT2D eigenvalue weighted by Gasteiger charge is -2.20. The summed E-state index contributed by atoms with van der Waals surface area (Å²) in [7, 11) is 1.77. The lowest BCUT2D eigenvalue weighted by molar-refractivity contribution is 0.0205. The van der Waals surface area contributed by atoms with Crippen LogP contribution in [0.15, 0.2) is 12.3 Å². The molecule has 0 radical (unpaired) electrons. The van der Waals surface area contributed by atoms with Crippen molar-refractivity contribution < 1.29 is 9.53 Å². The molecule has 2 rings (SSSR count). The normalized spacial score (nSPS) is 26.7. The molecule has 0 N–H and O–H groups in total. The van der Waals surface area contributed by atoms with Crippen LogP contribution in [0, 0.1) is 0 Å². The third kappa shape index (κ3) is 1.35. The molecule has 0 spiro atoms. The van der Waals surface area contributed by atoms with Gasteiger partial charge in [0.2, 0.25) is 5.78 Å².